The molecule has 6 rings (SSSR count). The van der Waals surface area contributed by atoms with Crippen molar-refractivity contribution < 1.29 is 8.42 Å². The van der Waals surface area contributed by atoms with Gasteiger partial charge in [0, 0.05) is 39.0 Å². The Morgan fingerprint density at radius 1 is 0.424 bits per heavy atom. The van der Waals surface area contributed by atoms with Gasteiger partial charge in [0.15, 0.2) is 0 Å². The molecule has 9 heteroatoms. The van der Waals surface area contributed by atoms with Gasteiger partial charge in [0.2, 0.25) is 9.84 Å². The maximum Gasteiger partial charge on any atom is 0.225 e. The van der Waals surface area contributed by atoms with Crippen LogP contribution in [-0.4, -0.2) is 8.42 Å². The summed E-state index contributed by atoms with van der Waals surface area (Å²) in [6.45, 7) is 0. The molecule has 0 radical (unpaired) electrons. The summed E-state index contributed by atoms with van der Waals surface area (Å²) in [5.41, 5.74) is 0. The monoisotopic (exact) mass is 558 g/mol. The van der Waals surface area contributed by atoms with E-state index in [2.05, 4.69) is 47.2 Å². The molecule has 0 unspecified atom stereocenters. The van der Waals surface area contributed by atoms with E-state index in [0.29, 0.717) is 8.42 Å². The molecule has 0 aliphatic rings. The second-order valence-corrected chi connectivity index (χ2v) is 15.7. The van der Waals surface area contributed by atoms with Crippen molar-refractivity contribution in [3.63, 3.8) is 0 Å². The number of hydrogen-bond acceptors (Lipinski definition) is 8. The van der Waals surface area contributed by atoms with Gasteiger partial charge in [-0.2, -0.15) is 0 Å². The molecule has 0 N–H and O–H groups in total. The minimum Gasteiger partial charge on any atom is -0.217 e. The summed E-state index contributed by atoms with van der Waals surface area (Å²) in [6.07, 6.45) is 0. The average Bonchev–Trinajstić information content (AvgIpc) is 3.67. The molecule has 0 atom stereocenters. The maximum absolute atomic E-state index is 13.3. The molecule has 0 fully saturated rings. The Bertz CT molecular complexity index is 1500. The predicted octanol–water partition coefficient (Wildman–Crippen LogP) is 9.56. The van der Waals surface area contributed by atoms with Crippen molar-refractivity contribution in [3.8, 4) is 39.0 Å². The number of rotatable bonds is 6. The van der Waals surface area contributed by atoms with Gasteiger partial charge in [-0.3, -0.25) is 0 Å². The summed E-state index contributed by atoms with van der Waals surface area (Å²) >= 11 is 9.50. The van der Waals surface area contributed by atoms with E-state index in [1.807, 2.05) is 24.3 Å². The van der Waals surface area contributed by atoms with Crippen LogP contribution < -0.4 is 0 Å². The third kappa shape index (κ3) is 4.12. The Balaban J connectivity index is 1.27. The van der Waals surface area contributed by atoms with E-state index in [1.165, 1.54) is 42.2 Å². The summed E-state index contributed by atoms with van der Waals surface area (Å²) in [5.74, 6) is 0. The van der Waals surface area contributed by atoms with E-state index in [4.69, 9.17) is 0 Å². The highest BCUT2D eigenvalue weighted by Gasteiger charge is 2.23. The van der Waals surface area contributed by atoms with Crippen LogP contribution in [0.2, 0.25) is 0 Å². The molecule has 0 aliphatic carbocycles. The number of hydrogen-bond donors (Lipinski definition) is 0. The Kier molecular flexibility index (Phi) is 5.74. The van der Waals surface area contributed by atoms with Crippen LogP contribution in [0.4, 0.5) is 0 Å². The van der Waals surface area contributed by atoms with Crippen molar-refractivity contribution in [1.29, 1.82) is 0 Å². The molecule has 0 spiro atoms. The Morgan fingerprint density at radius 2 is 0.788 bits per heavy atom. The minimum absolute atomic E-state index is 0.391. The Morgan fingerprint density at radius 3 is 1.18 bits per heavy atom. The summed E-state index contributed by atoms with van der Waals surface area (Å²) in [5, 5.41) is 4.14. The van der Waals surface area contributed by atoms with Gasteiger partial charge in [-0.15, -0.1) is 68.0 Å². The zero-order chi connectivity index (χ0) is 22.4. The zero-order valence-corrected chi connectivity index (χ0v) is 22.5. The molecule has 0 aromatic carbocycles. The lowest BCUT2D eigenvalue weighted by Crippen LogP contribution is -1.95. The van der Waals surface area contributed by atoms with Gasteiger partial charge in [-0.25, -0.2) is 8.42 Å². The van der Waals surface area contributed by atoms with Crippen LogP contribution in [0, 0.1) is 0 Å². The van der Waals surface area contributed by atoms with Crippen molar-refractivity contribution in [3.05, 3.63) is 83.6 Å². The maximum atomic E-state index is 13.3. The molecule has 6 aromatic heterocycles. The third-order valence-electron chi connectivity index (χ3n) is 4.92. The van der Waals surface area contributed by atoms with Crippen LogP contribution in [0.1, 0.15) is 0 Å². The summed E-state index contributed by atoms with van der Waals surface area (Å²) in [4.78, 5) is 9.04. The van der Waals surface area contributed by atoms with Gasteiger partial charge in [-0.05, 0) is 71.4 Å². The molecule has 33 heavy (non-hydrogen) atoms. The highest BCUT2D eigenvalue weighted by molar-refractivity contribution is 7.95. The first-order valence-corrected chi connectivity index (χ1v) is 16.3. The number of sulfone groups is 1. The van der Waals surface area contributed by atoms with Gasteiger partial charge in [0.1, 0.15) is 8.42 Å². The lowest BCUT2D eigenvalue weighted by Gasteiger charge is -1.97. The standard InChI is InChI=1S/C24H14O2S7/c25-33(26,23-11-9-21(31-23)19-7-5-17(29-19)15-3-1-13-27-15)24-12-10-22(32-24)20-8-6-18(30-20)16-4-2-14-28-16/h1-14H. The van der Waals surface area contributed by atoms with Crippen LogP contribution in [0.5, 0.6) is 0 Å². The van der Waals surface area contributed by atoms with E-state index in [-0.39, 0.29) is 0 Å². The number of thiophene rings is 6. The lowest BCUT2D eigenvalue weighted by atomic mass is 10.3. The van der Waals surface area contributed by atoms with Crippen LogP contribution in [0.25, 0.3) is 39.0 Å². The van der Waals surface area contributed by atoms with Gasteiger partial charge < -0.3 is 0 Å². The molecule has 2 nitrogen and oxygen atoms in total. The van der Waals surface area contributed by atoms with E-state index >= 15 is 0 Å². The molecule has 0 aliphatic heterocycles. The predicted molar refractivity (Wildman–Crippen MR) is 147 cm³/mol. The van der Waals surface area contributed by atoms with Crippen molar-refractivity contribution in [2.45, 2.75) is 8.42 Å². The molecular weight excluding hydrogens is 545 g/mol. The van der Waals surface area contributed by atoms with E-state index in [0.717, 1.165) is 19.5 Å². The van der Waals surface area contributed by atoms with Crippen LogP contribution in [0.3, 0.4) is 0 Å². The van der Waals surface area contributed by atoms with E-state index in [9.17, 15) is 8.42 Å². The molecule has 6 aromatic rings. The normalized spacial score (nSPS) is 11.9. The summed E-state index contributed by atoms with van der Waals surface area (Å²) < 4.78 is 27.5. The van der Waals surface area contributed by atoms with E-state index in [1.54, 1.807) is 57.5 Å². The van der Waals surface area contributed by atoms with E-state index < -0.39 is 9.84 Å². The zero-order valence-electron chi connectivity index (χ0n) is 16.8. The first-order valence-electron chi connectivity index (χ1n) is 9.81. The lowest BCUT2D eigenvalue weighted by molar-refractivity contribution is 0.600. The van der Waals surface area contributed by atoms with Gasteiger partial charge in [0.25, 0.3) is 0 Å². The average molecular weight is 559 g/mol. The highest BCUT2D eigenvalue weighted by atomic mass is 32.3. The second kappa shape index (κ2) is 8.74. The summed E-state index contributed by atoms with van der Waals surface area (Å²) in [6, 6.07) is 24.0. The van der Waals surface area contributed by atoms with Crippen LogP contribution in [0.15, 0.2) is 92.0 Å². The molecule has 0 saturated carbocycles. The first kappa shape index (κ1) is 21.7. The molecule has 0 saturated heterocycles. The van der Waals surface area contributed by atoms with Crippen LogP contribution in [-0.2, 0) is 9.84 Å². The van der Waals surface area contributed by atoms with Crippen LogP contribution >= 0.6 is 68.0 Å². The Labute approximate surface area is 215 Å². The fourth-order valence-electron chi connectivity index (χ4n) is 3.34. The van der Waals surface area contributed by atoms with Crippen molar-refractivity contribution >= 4 is 77.9 Å². The molecule has 164 valence electrons. The smallest absolute Gasteiger partial charge is 0.217 e. The molecule has 6 heterocycles. The van der Waals surface area contributed by atoms with Gasteiger partial charge in [-0.1, -0.05) is 12.1 Å². The fourth-order valence-corrected chi connectivity index (χ4v) is 11.5. The quantitative estimate of drug-likeness (QED) is 0.204. The van der Waals surface area contributed by atoms with Crippen molar-refractivity contribution in [1.82, 2.24) is 0 Å². The molecule has 0 amide bonds. The topological polar surface area (TPSA) is 34.1 Å². The molecule has 0 bridgehead atoms. The van der Waals surface area contributed by atoms with Gasteiger partial charge >= 0.3 is 0 Å². The van der Waals surface area contributed by atoms with Crippen molar-refractivity contribution in [2.24, 2.45) is 0 Å². The van der Waals surface area contributed by atoms with Crippen molar-refractivity contribution in [2.75, 3.05) is 0 Å². The highest BCUT2D eigenvalue weighted by Crippen LogP contribution is 2.43. The Hall–Kier alpha value is -1.85. The summed E-state index contributed by atoms with van der Waals surface area (Å²) in [7, 11) is -3.54. The SMILES string of the molecule is O=S(=O)(c1ccc(-c2ccc(-c3cccs3)s2)s1)c1ccc(-c2ccc(-c3cccs3)s2)s1. The molecular formula is C24H14O2S7. The van der Waals surface area contributed by atoms with Gasteiger partial charge in [0.05, 0.1) is 0 Å². The second-order valence-electron chi connectivity index (χ2n) is 7.02. The largest absolute Gasteiger partial charge is 0.225 e. The fraction of sp³-hybridized carbons (Fsp3) is 0. The third-order valence-corrected chi connectivity index (χ3v) is 14.5. The minimum atomic E-state index is -3.54. The first-order chi connectivity index (χ1) is 16.1.